The predicted molar refractivity (Wildman–Crippen MR) is 81.0 cm³/mol. The maximum Gasteiger partial charge on any atom is 0.573 e. The largest absolute Gasteiger partial charge is 0.573 e. The number of hydrogen-bond donors (Lipinski definition) is 1. The quantitative estimate of drug-likeness (QED) is 0.726. The van der Waals surface area contributed by atoms with Crippen LogP contribution in [0.5, 0.6) is 5.75 Å². The van der Waals surface area contributed by atoms with Crippen LogP contribution in [-0.2, 0) is 0 Å². The summed E-state index contributed by atoms with van der Waals surface area (Å²) in [5, 5.41) is 2.45. The van der Waals surface area contributed by atoms with Gasteiger partial charge in [0.15, 0.2) is 0 Å². The zero-order valence-electron chi connectivity index (χ0n) is 12.8. The molecule has 0 atom stereocenters. The molecule has 2 aromatic heterocycles. The van der Waals surface area contributed by atoms with Crippen LogP contribution in [0.3, 0.4) is 0 Å². The first-order valence-corrected chi connectivity index (χ1v) is 7.04. The molecule has 25 heavy (non-hydrogen) atoms. The minimum Gasteiger partial charge on any atom is -0.406 e. The zero-order valence-corrected chi connectivity index (χ0v) is 12.8. The number of carbonyl (C=O) groups excluding carboxylic acids is 1. The number of aromatic nitrogens is 2. The number of aryl methyl sites for hydroxylation is 1. The molecule has 3 aromatic rings. The van der Waals surface area contributed by atoms with Crippen molar-refractivity contribution in [1.29, 1.82) is 0 Å². The third-order valence-electron chi connectivity index (χ3n) is 3.30. The van der Waals surface area contributed by atoms with E-state index in [0.29, 0.717) is 11.3 Å². The lowest BCUT2D eigenvalue weighted by Gasteiger charge is -2.11. The van der Waals surface area contributed by atoms with Crippen molar-refractivity contribution in [3.8, 4) is 5.75 Å². The molecule has 0 unspecified atom stereocenters. The first-order chi connectivity index (χ1) is 11.7. The molecule has 0 spiro atoms. The molecule has 0 radical (unpaired) electrons. The van der Waals surface area contributed by atoms with Gasteiger partial charge in [-0.05, 0) is 31.2 Å². The number of pyridine rings is 1. The van der Waals surface area contributed by atoms with Crippen LogP contribution in [0.1, 0.15) is 16.2 Å². The van der Waals surface area contributed by atoms with Gasteiger partial charge in [-0.2, -0.15) is 0 Å². The highest BCUT2D eigenvalue weighted by molar-refractivity contribution is 6.04. The lowest BCUT2D eigenvalue weighted by Crippen LogP contribution is -2.18. The van der Waals surface area contributed by atoms with Crippen LogP contribution in [0.15, 0.2) is 42.6 Å². The summed E-state index contributed by atoms with van der Waals surface area (Å²) >= 11 is 0. The van der Waals surface area contributed by atoms with E-state index in [0.717, 1.165) is 18.3 Å². The van der Waals surface area contributed by atoms with Crippen LogP contribution in [0.4, 0.5) is 23.2 Å². The molecule has 1 aromatic carbocycles. The molecular weight excluding hydrogens is 342 g/mol. The number of hydrogen-bond acceptors (Lipinski definition) is 3. The van der Waals surface area contributed by atoms with Gasteiger partial charge >= 0.3 is 6.36 Å². The number of anilines is 1. The molecule has 5 nitrogen and oxygen atoms in total. The van der Waals surface area contributed by atoms with E-state index in [-0.39, 0.29) is 11.4 Å². The van der Waals surface area contributed by atoms with Crippen molar-refractivity contribution in [1.82, 2.24) is 9.38 Å². The van der Waals surface area contributed by atoms with Crippen LogP contribution in [-0.4, -0.2) is 21.7 Å². The van der Waals surface area contributed by atoms with Crippen molar-refractivity contribution >= 4 is 17.2 Å². The summed E-state index contributed by atoms with van der Waals surface area (Å²) in [6.07, 6.45) is -3.73. The number of amides is 1. The summed E-state index contributed by atoms with van der Waals surface area (Å²) in [6, 6.07) is 7.47. The average molecular weight is 353 g/mol. The van der Waals surface area contributed by atoms with Gasteiger partial charge in [-0.1, -0.05) is 6.07 Å². The molecule has 0 fully saturated rings. The van der Waals surface area contributed by atoms with Crippen molar-refractivity contribution in [3.05, 3.63) is 59.8 Å². The number of rotatable bonds is 3. The Morgan fingerprint density at radius 3 is 2.72 bits per heavy atom. The van der Waals surface area contributed by atoms with Gasteiger partial charge in [-0.15, -0.1) is 13.2 Å². The third-order valence-corrected chi connectivity index (χ3v) is 3.30. The van der Waals surface area contributed by atoms with E-state index in [9.17, 15) is 22.4 Å². The molecule has 0 aliphatic rings. The van der Waals surface area contributed by atoms with Gasteiger partial charge in [0.1, 0.15) is 22.9 Å². The van der Waals surface area contributed by atoms with Gasteiger partial charge in [0.2, 0.25) is 0 Å². The number of halogens is 4. The highest BCUT2D eigenvalue weighted by Crippen LogP contribution is 2.25. The summed E-state index contributed by atoms with van der Waals surface area (Å²) < 4.78 is 55.3. The number of carbonyl (C=O) groups is 1. The highest BCUT2D eigenvalue weighted by atomic mass is 19.4. The van der Waals surface area contributed by atoms with Gasteiger partial charge in [0, 0.05) is 18.0 Å². The fraction of sp³-hybridized carbons (Fsp3) is 0.125. The van der Waals surface area contributed by atoms with Crippen molar-refractivity contribution < 1.29 is 27.1 Å². The molecule has 0 aliphatic heterocycles. The molecule has 130 valence electrons. The topological polar surface area (TPSA) is 55.6 Å². The van der Waals surface area contributed by atoms with Gasteiger partial charge < -0.3 is 10.1 Å². The second kappa shape index (κ2) is 6.08. The molecule has 1 N–H and O–H groups in total. The SMILES string of the molecule is Cc1nc2ccc(F)cn2c1C(=O)Nc1cccc(OC(F)(F)F)c1. The first kappa shape index (κ1) is 16.7. The molecule has 2 heterocycles. The van der Waals surface area contributed by atoms with Crippen molar-refractivity contribution in [2.24, 2.45) is 0 Å². The number of alkyl halides is 3. The first-order valence-electron chi connectivity index (χ1n) is 7.04. The van der Waals surface area contributed by atoms with Crippen molar-refractivity contribution in [3.63, 3.8) is 0 Å². The Balaban J connectivity index is 1.89. The van der Waals surface area contributed by atoms with Gasteiger partial charge in [0.25, 0.3) is 5.91 Å². The maximum atomic E-state index is 13.4. The number of nitrogens with one attached hydrogen (secondary N) is 1. The minimum absolute atomic E-state index is 0.0802. The number of benzene rings is 1. The monoisotopic (exact) mass is 353 g/mol. The summed E-state index contributed by atoms with van der Waals surface area (Å²) in [4.78, 5) is 16.6. The lowest BCUT2D eigenvalue weighted by atomic mass is 10.2. The van der Waals surface area contributed by atoms with Crippen LogP contribution in [0, 0.1) is 12.7 Å². The second-order valence-corrected chi connectivity index (χ2v) is 5.15. The van der Waals surface area contributed by atoms with Crippen LogP contribution in [0.2, 0.25) is 0 Å². The molecule has 3 rings (SSSR count). The lowest BCUT2D eigenvalue weighted by molar-refractivity contribution is -0.274. The Morgan fingerprint density at radius 1 is 1.24 bits per heavy atom. The van der Waals surface area contributed by atoms with E-state index in [1.54, 1.807) is 6.92 Å². The Labute approximate surface area is 138 Å². The van der Waals surface area contributed by atoms with Gasteiger partial charge in [-0.3, -0.25) is 9.20 Å². The standard InChI is InChI=1S/C16H11F4N3O2/c1-9-14(23-8-10(17)5-6-13(23)21-9)15(24)22-11-3-2-4-12(7-11)25-16(18,19)20/h2-8H,1H3,(H,22,24). The summed E-state index contributed by atoms with van der Waals surface area (Å²) in [5.74, 6) is -1.66. The van der Waals surface area contributed by atoms with E-state index >= 15 is 0 Å². The van der Waals surface area contributed by atoms with E-state index < -0.39 is 23.8 Å². The van der Waals surface area contributed by atoms with Gasteiger partial charge in [-0.25, -0.2) is 9.37 Å². The summed E-state index contributed by atoms with van der Waals surface area (Å²) in [5.41, 5.74) is 0.901. The fourth-order valence-electron chi connectivity index (χ4n) is 2.37. The summed E-state index contributed by atoms with van der Waals surface area (Å²) in [6.45, 7) is 1.57. The number of nitrogens with zero attached hydrogens (tertiary/aromatic N) is 2. The molecular formula is C16H11F4N3O2. The Bertz CT molecular complexity index is 950. The minimum atomic E-state index is -4.83. The normalized spacial score (nSPS) is 11.6. The maximum absolute atomic E-state index is 13.4. The second-order valence-electron chi connectivity index (χ2n) is 5.15. The number of fused-ring (bicyclic) bond motifs is 1. The fourth-order valence-corrected chi connectivity index (χ4v) is 2.37. The van der Waals surface area contributed by atoms with E-state index in [1.165, 1.54) is 28.7 Å². The van der Waals surface area contributed by atoms with Gasteiger partial charge in [0.05, 0.1) is 5.69 Å². The molecule has 0 bridgehead atoms. The number of imidazole rings is 1. The summed E-state index contributed by atoms with van der Waals surface area (Å²) in [7, 11) is 0. The van der Waals surface area contributed by atoms with Crippen LogP contribution < -0.4 is 10.1 Å². The van der Waals surface area contributed by atoms with E-state index in [4.69, 9.17) is 0 Å². The third kappa shape index (κ3) is 3.70. The Morgan fingerprint density at radius 2 is 2.00 bits per heavy atom. The van der Waals surface area contributed by atoms with E-state index in [2.05, 4.69) is 15.0 Å². The van der Waals surface area contributed by atoms with Crippen molar-refractivity contribution in [2.75, 3.05) is 5.32 Å². The average Bonchev–Trinajstić information content (AvgIpc) is 2.81. The van der Waals surface area contributed by atoms with E-state index in [1.807, 2.05) is 0 Å². The molecule has 0 saturated heterocycles. The Hall–Kier alpha value is -3.10. The number of ether oxygens (including phenoxy) is 1. The zero-order chi connectivity index (χ0) is 18.2. The molecule has 1 amide bonds. The highest BCUT2D eigenvalue weighted by Gasteiger charge is 2.31. The predicted octanol–water partition coefficient (Wildman–Crippen LogP) is 3.93. The van der Waals surface area contributed by atoms with Crippen LogP contribution >= 0.6 is 0 Å². The molecule has 0 aliphatic carbocycles. The van der Waals surface area contributed by atoms with Crippen LogP contribution in [0.25, 0.3) is 5.65 Å². The smallest absolute Gasteiger partial charge is 0.406 e. The van der Waals surface area contributed by atoms with Crippen molar-refractivity contribution in [2.45, 2.75) is 13.3 Å². The molecule has 9 heteroatoms. The Kier molecular flexibility index (Phi) is 4.07. The molecule has 0 saturated carbocycles.